The first-order chi connectivity index (χ1) is 20.7. The van der Waals surface area contributed by atoms with Gasteiger partial charge in [-0.25, -0.2) is 9.97 Å². The van der Waals surface area contributed by atoms with E-state index in [0.29, 0.717) is 0 Å². The highest BCUT2D eigenvalue weighted by atomic mass is 15.1. The Balaban J connectivity index is 1.17. The third-order valence-electron chi connectivity index (χ3n) is 8.01. The molecule has 42 heavy (non-hydrogen) atoms. The average Bonchev–Trinajstić information content (AvgIpc) is 3.66. The van der Waals surface area contributed by atoms with Gasteiger partial charge in [0, 0.05) is 34.9 Å². The van der Waals surface area contributed by atoms with E-state index in [-0.39, 0.29) is 0 Å². The van der Waals surface area contributed by atoms with Gasteiger partial charge in [-0.05, 0) is 89.7 Å². The molecule has 0 aliphatic rings. The SMILES string of the molecule is CCCc1ccc(-n2cnc3cc(-c4cncc(-c5ccc6c(c5)ncn6-c5ccc(CCC)cc5)c4)ccc32)cc1. The molecule has 3 heterocycles. The van der Waals surface area contributed by atoms with Gasteiger partial charge >= 0.3 is 0 Å². The minimum absolute atomic E-state index is 0.963. The lowest BCUT2D eigenvalue weighted by molar-refractivity contribution is 0.920. The van der Waals surface area contributed by atoms with E-state index in [9.17, 15) is 0 Å². The van der Waals surface area contributed by atoms with Crippen LogP contribution in [0.1, 0.15) is 37.8 Å². The molecule has 7 aromatic rings. The van der Waals surface area contributed by atoms with Gasteiger partial charge in [-0.3, -0.25) is 14.1 Å². The second kappa shape index (κ2) is 11.1. The standard InChI is InChI=1S/C37H33N5/c1-3-5-26-7-13-32(14-8-26)41-24-39-34-20-28(11-17-36(34)41)30-19-31(23-38-22-30)29-12-18-37-35(21-29)40-25-42(37)33-15-9-27(6-4-2)10-16-33/h7-25H,3-6H2,1-2H3. The van der Waals surface area contributed by atoms with Gasteiger partial charge in [-0.15, -0.1) is 0 Å². The Morgan fingerprint density at radius 2 is 0.952 bits per heavy atom. The topological polar surface area (TPSA) is 48.5 Å². The summed E-state index contributed by atoms with van der Waals surface area (Å²) in [5.74, 6) is 0. The first kappa shape index (κ1) is 25.9. The lowest BCUT2D eigenvalue weighted by Gasteiger charge is -2.09. The Kier molecular flexibility index (Phi) is 6.84. The fourth-order valence-electron chi connectivity index (χ4n) is 5.78. The number of fused-ring (bicyclic) bond motifs is 2. The van der Waals surface area contributed by atoms with Crippen molar-refractivity contribution in [2.24, 2.45) is 0 Å². The van der Waals surface area contributed by atoms with Gasteiger partial charge in [0.1, 0.15) is 12.7 Å². The number of benzene rings is 4. The van der Waals surface area contributed by atoms with Crippen molar-refractivity contribution >= 4 is 22.1 Å². The molecular weight excluding hydrogens is 514 g/mol. The number of pyridine rings is 1. The van der Waals surface area contributed by atoms with E-state index in [1.54, 1.807) is 0 Å². The monoisotopic (exact) mass is 547 g/mol. The number of aromatic nitrogens is 5. The fraction of sp³-hybridized carbons (Fsp3) is 0.162. The predicted octanol–water partition coefficient (Wildman–Crippen LogP) is 9.00. The minimum atomic E-state index is 0.963. The average molecular weight is 548 g/mol. The molecule has 0 saturated carbocycles. The molecule has 0 unspecified atom stereocenters. The van der Waals surface area contributed by atoms with Crippen molar-refractivity contribution in [2.45, 2.75) is 39.5 Å². The largest absolute Gasteiger partial charge is 0.299 e. The zero-order valence-electron chi connectivity index (χ0n) is 24.0. The molecule has 5 nitrogen and oxygen atoms in total. The Bertz CT molecular complexity index is 1850. The number of nitrogens with zero attached hydrogens (tertiary/aromatic N) is 5. The molecule has 206 valence electrons. The maximum atomic E-state index is 4.73. The molecule has 0 amide bonds. The van der Waals surface area contributed by atoms with Crippen LogP contribution in [0.2, 0.25) is 0 Å². The first-order valence-corrected chi connectivity index (χ1v) is 14.8. The number of imidazole rings is 2. The van der Waals surface area contributed by atoms with Gasteiger partial charge in [0.2, 0.25) is 0 Å². The van der Waals surface area contributed by atoms with Crippen LogP contribution in [0.15, 0.2) is 116 Å². The summed E-state index contributed by atoms with van der Waals surface area (Å²) in [5, 5.41) is 0. The molecule has 0 saturated heterocycles. The quantitative estimate of drug-likeness (QED) is 0.191. The van der Waals surface area contributed by atoms with E-state index < -0.39 is 0 Å². The van der Waals surface area contributed by atoms with E-state index in [4.69, 9.17) is 9.97 Å². The van der Waals surface area contributed by atoms with E-state index in [1.807, 2.05) is 25.0 Å². The van der Waals surface area contributed by atoms with E-state index in [2.05, 4.69) is 119 Å². The van der Waals surface area contributed by atoms with Crippen LogP contribution in [-0.2, 0) is 12.8 Å². The van der Waals surface area contributed by atoms with Crippen LogP contribution in [0.25, 0.3) is 55.7 Å². The van der Waals surface area contributed by atoms with E-state index in [0.717, 1.165) is 81.4 Å². The molecule has 3 aromatic heterocycles. The van der Waals surface area contributed by atoms with Crippen LogP contribution < -0.4 is 0 Å². The van der Waals surface area contributed by atoms with Gasteiger partial charge in [-0.1, -0.05) is 63.1 Å². The van der Waals surface area contributed by atoms with Crippen molar-refractivity contribution in [3.05, 3.63) is 127 Å². The summed E-state index contributed by atoms with van der Waals surface area (Å²) >= 11 is 0. The molecule has 5 heteroatoms. The van der Waals surface area contributed by atoms with Crippen LogP contribution >= 0.6 is 0 Å². The van der Waals surface area contributed by atoms with Crippen molar-refractivity contribution in [1.29, 1.82) is 0 Å². The lowest BCUT2D eigenvalue weighted by Crippen LogP contribution is -1.93. The lowest BCUT2D eigenvalue weighted by atomic mass is 10.0. The molecule has 0 N–H and O–H groups in total. The first-order valence-electron chi connectivity index (χ1n) is 14.8. The molecule has 0 radical (unpaired) electrons. The minimum Gasteiger partial charge on any atom is -0.299 e. The summed E-state index contributed by atoms with van der Waals surface area (Å²) in [6.07, 6.45) is 12.2. The summed E-state index contributed by atoms with van der Waals surface area (Å²) in [5.41, 5.74) is 13.4. The third-order valence-corrected chi connectivity index (χ3v) is 8.01. The van der Waals surface area contributed by atoms with E-state index >= 15 is 0 Å². The Hall–Kier alpha value is -5.03. The number of aryl methyl sites for hydroxylation is 2. The van der Waals surface area contributed by atoms with Gasteiger partial charge < -0.3 is 0 Å². The summed E-state index contributed by atoms with van der Waals surface area (Å²) in [4.78, 5) is 14.1. The number of rotatable bonds is 8. The summed E-state index contributed by atoms with van der Waals surface area (Å²) in [7, 11) is 0. The normalized spacial score (nSPS) is 11.5. The van der Waals surface area contributed by atoms with Crippen LogP contribution in [0, 0.1) is 0 Å². The Morgan fingerprint density at radius 3 is 1.38 bits per heavy atom. The second-order valence-electron chi connectivity index (χ2n) is 10.9. The molecule has 7 rings (SSSR count). The van der Waals surface area contributed by atoms with Crippen molar-refractivity contribution in [3.63, 3.8) is 0 Å². The second-order valence-corrected chi connectivity index (χ2v) is 10.9. The van der Waals surface area contributed by atoms with Crippen molar-refractivity contribution in [2.75, 3.05) is 0 Å². The van der Waals surface area contributed by atoms with Crippen molar-refractivity contribution in [3.8, 4) is 33.6 Å². The van der Waals surface area contributed by atoms with Gasteiger partial charge in [0.05, 0.1) is 22.1 Å². The van der Waals surface area contributed by atoms with Gasteiger partial charge in [0.15, 0.2) is 0 Å². The zero-order chi connectivity index (χ0) is 28.5. The van der Waals surface area contributed by atoms with Crippen LogP contribution in [-0.4, -0.2) is 24.1 Å². The molecule has 0 bridgehead atoms. The molecule has 0 aliphatic heterocycles. The smallest absolute Gasteiger partial charge is 0.100 e. The Labute approximate surface area is 246 Å². The molecule has 0 spiro atoms. The maximum absolute atomic E-state index is 4.73. The van der Waals surface area contributed by atoms with Crippen molar-refractivity contribution in [1.82, 2.24) is 24.1 Å². The highest BCUT2D eigenvalue weighted by Gasteiger charge is 2.11. The fourth-order valence-corrected chi connectivity index (χ4v) is 5.78. The maximum Gasteiger partial charge on any atom is 0.100 e. The molecule has 4 aromatic carbocycles. The predicted molar refractivity (Wildman–Crippen MR) is 172 cm³/mol. The van der Waals surface area contributed by atoms with E-state index in [1.165, 1.54) is 11.1 Å². The van der Waals surface area contributed by atoms with Crippen molar-refractivity contribution < 1.29 is 0 Å². The molecular formula is C37H33N5. The highest BCUT2D eigenvalue weighted by Crippen LogP contribution is 2.30. The zero-order valence-corrected chi connectivity index (χ0v) is 24.0. The Morgan fingerprint density at radius 1 is 0.500 bits per heavy atom. The van der Waals surface area contributed by atoms with Crippen LogP contribution in [0.3, 0.4) is 0 Å². The summed E-state index contributed by atoms with van der Waals surface area (Å²) in [6.45, 7) is 4.42. The highest BCUT2D eigenvalue weighted by molar-refractivity contribution is 5.86. The van der Waals surface area contributed by atoms with Crippen LogP contribution in [0.5, 0.6) is 0 Å². The summed E-state index contributed by atoms with van der Waals surface area (Å²) in [6, 6.07) is 32.7. The molecule has 0 atom stereocenters. The van der Waals surface area contributed by atoms with Crippen LogP contribution in [0.4, 0.5) is 0 Å². The number of hydrogen-bond acceptors (Lipinski definition) is 3. The third kappa shape index (κ3) is 4.88. The number of hydrogen-bond donors (Lipinski definition) is 0. The molecule has 0 fully saturated rings. The van der Waals surface area contributed by atoms with Gasteiger partial charge in [-0.2, -0.15) is 0 Å². The summed E-state index contributed by atoms with van der Waals surface area (Å²) < 4.78 is 4.30. The van der Waals surface area contributed by atoms with Gasteiger partial charge in [0.25, 0.3) is 0 Å². The molecule has 0 aliphatic carbocycles.